The molecule has 0 amide bonds. The van der Waals surface area contributed by atoms with Gasteiger partial charge in [-0.05, 0) is 6.08 Å². The van der Waals surface area contributed by atoms with Gasteiger partial charge >= 0.3 is 0 Å². The van der Waals surface area contributed by atoms with Gasteiger partial charge in [-0.2, -0.15) is 0 Å². The summed E-state index contributed by atoms with van der Waals surface area (Å²) in [6.45, 7) is 0. The molecule has 0 aromatic carbocycles. The molecule has 0 fully saturated rings. The number of hydrogen-bond donors (Lipinski definition) is 0. The van der Waals surface area contributed by atoms with E-state index in [1.807, 2.05) is 24.7 Å². The van der Waals surface area contributed by atoms with Gasteiger partial charge in [0.25, 0.3) is 0 Å². The van der Waals surface area contributed by atoms with Crippen LogP contribution in [0.25, 0.3) is 0 Å². The van der Waals surface area contributed by atoms with Crippen LogP contribution in [-0.4, -0.2) is 24.2 Å². The molecule has 0 aromatic rings. The number of allylic oxidation sites excluding steroid dienone is 1. The fourth-order valence-electron chi connectivity index (χ4n) is 1.55. The quantitative estimate of drug-likeness (QED) is 0.479. The van der Waals surface area contributed by atoms with Crippen LogP contribution in [0, 0.1) is 0 Å². The lowest BCUT2D eigenvalue weighted by molar-refractivity contribution is 0.861. The maximum Gasteiger partial charge on any atom is 0.165 e. The zero-order valence-electron chi connectivity index (χ0n) is 5.73. The van der Waals surface area contributed by atoms with Crippen molar-refractivity contribution in [2.45, 2.75) is 5.54 Å². The minimum atomic E-state index is -0.306. The van der Waals surface area contributed by atoms with Crippen LogP contribution in [-0.2, 0) is 0 Å². The summed E-state index contributed by atoms with van der Waals surface area (Å²) in [5, 5.41) is 0. The summed E-state index contributed by atoms with van der Waals surface area (Å²) in [6.07, 6.45) is 9.19. The van der Waals surface area contributed by atoms with Crippen molar-refractivity contribution in [3.8, 4) is 0 Å². The highest BCUT2D eigenvalue weighted by molar-refractivity contribution is 6.06. The fraction of sp³-hybridized carbons (Fsp3) is 0.125. The van der Waals surface area contributed by atoms with Crippen molar-refractivity contribution in [1.29, 1.82) is 0 Å². The molecule has 1 spiro atoms. The smallest absolute Gasteiger partial charge is 0.165 e. The van der Waals surface area contributed by atoms with Crippen LogP contribution < -0.4 is 0 Å². The van der Waals surface area contributed by atoms with Gasteiger partial charge in [0.05, 0.1) is 5.70 Å². The topological polar surface area (TPSA) is 37.1 Å². The summed E-state index contributed by atoms with van der Waals surface area (Å²) < 4.78 is 0. The van der Waals surface area contributed by atoms with E-state index in [1.165, 1.54) is 0 Å². The lowest BCUT2D eigenvalue weighted by Gasteiger charge is -2.13. The highest BCUT2D eigenvalue weighted by Gasteiger charge is 2.43. The van der Waals surface area contributed by atoms with Gasteiger partial charge in [0, 0.05) is 30.4 Å². The summed E-state index contributed by atoms with van der Waals surface area (Å²) in [5.74, 6) is 0. The lowest BCUT2D eigenvalue weighted by atomic mass is 9.95. The Hall–Kier alpha value is -1.51. The van der Waals surface area contributed by atoms with E-state index in [2.05, 4.69) is 15.0 Å². The first-order valence-corrected chi connectivity index (χ1v) is 3.47. The highest BCUT2D eigenvalue weighted by Crippen LogP contribution is 2.38. The largest absolute Gasteiger partial charge is 0.269 e. The van der Waals surface area contributed by atoms with Crippen molar-refractivity contribution >= 4 is 18.6 Å². The van der Waals surface area contributed by atoms with Gasteiger partial charge in [-0.15, -0.1) is 0 Å². The van der Waals surface area contributed by atoms with E-state index in [0.717, 1.165) is 11.3 Å². The van der Waals surface area contributed by atoms with Crippen LogP contribution in [0.2, 0.25) is 0 Å². The molecule has 52 valence electrons. The van der Waals surface area contributed by atoms with Gasteiger partial charge in [0.15, 0.2) is 5.54 Å². The highest BCUT2D eigenvalue weighted by atomic mass is 15.0. The van der Waals surface area contributed by atoms with Gasteiger partial charge in [0.1, 0.15) is 0 Å². The molecule has 3 rings (SSSR count). The van der Waals surface area contributed by atoms with Gasteiger partial charge < -0.3 is 0 Å². The average Bonchev–Trinajstić information content (AvgIpc) is 2.55. The number of aliphatic imine (C=N–C) groups is 3. The molecule has 0 saturated heterocycles. The van der Waals surface area contributed by atoms with E-state index >= 15 is 0 Å². The van der Waals surface area contributed by atoms with E-state index in [0.29, 0.717) is 0 Å². The summed E-state index contributed by atoms with van der Waals surface area (Å²) in [7, 11) is 0. The Labute approximate surface area is 63.6 Å². The molecule has 3 nitrogen and oxygen atoms in total. The van der Waals surface area contributed by atoms with Crippen molar-refractivity contribution in [2.75, 3.05) is 0 Å². The number of hydrogen-bond acceptors (Lipinski definition) is 3. The van der Waals surface area contributed by atoms with Gasteiger partial charge in [0.2, 0.25) is 0 Å². The molecule has 0 saturated carbocycles. The monoisotopic (exact) mass is 143 g/mol. The number of nitrogens with zero attached hydrogens (tertiary/aromatic N) is 3. The Morgan fingerprint density at radius 3 is 3.36 bits per heavy atom. The van der Waals surface area contributed by atoms with Crippen molar-refractivity contribution in [2.24, 2.45) is 15.0 Å². The molecular formula is C8H5N3. The third kappa shape index (κ3) is 0.411. The Balaban J connectivity index is 2.35. The van der Waals surface area contributed by atoms with Crippen LogP contribution in [0.4, 0.5) is 0 Å². The van der Waals surface area contributed by atoms with E-state index in [1.54, 1.807) is 6.21 Å². The maximum atomic E-state index is 4.33. The SMILES string of the molecule is C1=NC=C2C=NC3=CC=NC123. The Morgan fingerprint density at radius 1 is 1.36 bits per heavy atom. The predicted molar refractivity (Wildman–Crippen MR) is 44.4 cm³/mol. The van der Waals surface area contributed by atoms with Crippen LogP contribution in [0.5, 0.6) is 0 Å². The predicted octanol–water partition coefficient (Wildman–Crippen LogP) is 0.746. The molecule has 3 aliphatic heterocycles. The molecule has 3 heterocycles. The van der Waals surface area contributed by atoms with Crippen LogP contribution in [0.1, 0.15) is 0 Å². The second-order valence-electron chi connectivity index (χ2n) is 2.72. The molecule has 3 aliphatic rings. The van der Waals surface area contributed by atoms with Gasteiger partial charge in [-0.3, -0.25) is 15.0 Å². The zero-order valence-corrected chi connectivity index (χ0v) is 5.73. The second-order valence-corrected chi connectivity index (χ2v) is 2.72. The molecule has 0 aliphatic carbocycles. The Bertz CT molecular complexity index is 333. The van der Waals surface area contributed by atoms with Gasteiger partial charge in [-0.1, -0.05) is 0 Å². The molecular weight excluding hydrogens is 138 g/mol. The third-order valence-electron chi connectivity index (χ3n) is 2.16. The normalized spacial score (nSPS) is 35.6. The van der Waals surface area contributed by atoms with E-state index in [4.69, 9.17) is 0 Å². The van der Waals surface area contributed by atoms with Crippen LogP contribution >= 0.6 is 0 Å². The average molecular weight is 143 g/mol. The summed E-state index contributed by atoms with van der Waals surface area (Å²) >= 11 is 0. The molecule has 0 bridgehead atoms. The molecule has 0 radical (unpaired) electrons. The molecule has 1 unspecified atom stereocenters. The van der Waals surface area contributed by atoms with Crippen molar-refractivity contribution in [3.63, 3.8) is 0 Å². The molecule has 3 heteroatoms. The first kappa shape index (κ1) is 5.18. The minimum absolute atomic E-state index is 0.306. The number of rotatable bonds is 0. The first-order chi connectivity index (χ1) is 5.42. The summed E-state index contributed by atoms with van der Waals surface area (Å²) in [5.41, 5.74) is 1.77. The van der Waals surface area contributed by atoms with Crippen LogP contribution in [0.15, 0.2) is 38.5 Å². The molecule has 0 aromatic heterocycles. The standard InChI is InChI=1S/C8H5N3/c1-2-11-8-5-9-3-6(8)4-10-7(1)8/h1-5H. The van der Waals surface area contributed by atoms with Crippen molar-refractivity contribution in [3.05, 3.63) is 23.5 Å². The van der Waals surface area contributed by atoms with Crippen molar-refractivity contribution < 1.29 is 0 Å². The van der Waals surface area contributed by atoms with E-state index in [9.17, 15) is 0 Å². The maximum absolute atomic E-state index is 4.33. The minimum Gasteiger partial charge on any atom is -0.269 e. The molecule has 11 heavy (non-hydrogen) atoms. The molecule has 0 N–H and O–H groups in total. The first-order valence-electron chi connectivity index (χ1n) is 3.47. The van der Waals surface area contributed by atoms with Crippen LogP contribution in [0.3, 0.4) is 0 Å². The lowest BCUT2D eigenvalue weighted by Crippen LogP contribution is -2.25. The van der Waals surface area contributed by atoms with Gasteiger partial charge in [-0.25, -0.2) is 0 Å². The zero-order chi connectivity index (χ0) is 7.31. The van der Waals surface area contributed by atoms with Crippen molar-refractivity contribution in [1.82, 2.24) is 0 Å². The Morgan fingerprint density at radius 2 is 2.36 bits per heavy atom. The third-order valence-corrected chi connectivity index (χ3v) is 2.16. The summed E-state index contributed by atoms with van der Waals surface area (Å²) in [6, 6.07) is 0. The molecule has 1 atom stereocenters. The second kappa shape index (κ2) is 1.39. The summed E-state index contributed by atoms with van der Waals surface area (Å²) in [4.78, 5) is 12.6. The fourth-order valence-corrected chi connectivity index (χ4v) is 1.55. The van der Waals surface area contributed by atoms with E-state index < -0.39 is 0 Å². The Kier molecular flexibility index (Phi) is 0.656. The van der Waals surface area contributed by atoms with E-state index in [-0.39, 0.29) is 5.54 Å².